The van der Waals surface area contributed by atoms with Crippen molar-refractivity contribution in [1.82, 2.24) is 19.7 Å². The zero-order valence-electron chi connectivity index (χ0n) is 15.7. The Bertz CT molecular complexity index is 694. The van der Waals surface area contributed by atoms with Crippen LogP contribution in [-0.4, -0.2) is 32.4 Å². The number of hydrogen-bond acceptors (Lipinski definition) is 4. The predicted octanol–water partition coefficient (Wildman–Crippen LogP) is 4.06. The van der Waals surface area contributed by atoms with Crippen molar-refractivity contribution in [3.8, 4) is 0 Å². The molecule has 1 heterocycles. The van der Waals surface area contributed by atoms with Crippen LogP contribution in [0, 0.1) is 0 Å². The van der Waals surface area contributed by atoms with Gasteiger partial charge in [-0.05, 0) is 38.5 Å². The van der Waals surface area contributed by atoms with Crippen LogP contribution in [-0.2, 0) is 17.5 Å². The van der Waals surface area contributed by atoms with Gasteiger partial charge in [-0.2, -0.15) is 0 Å². The molecule has 1 aromatic heterocycles. The van der Waals surface area contributed by atoms with Crippen molar-refractivity contribution in [3.63, 3.8) is 0 Å². The van der Waals surface area contributed by atoms with Gasteiger partial charge in [0, 0.05) is 22.0 Å². The maximum Gasteiger partial charge on any atom is 0.136 e. The first-order chi connectivity index (χ1) is 11.5. The molecule has 0 aliphatic carbocycles. The minimum absolute atomic E-state index is 0.261. The van der Waals surface area contributed by atoms with Gasteiger partial charge in [-0.15, -0.1) is 9.82 Å². The fourth-order valence-electron chi connectivity index (χ4n) is 2.25. The highest BCUT2D eigenvalue weighted by atomic mass is 79.9. The molecule has 0 spiro atoms. The fourth-order valence-corrected chi connectivity index (χ4v) is 4.46. The minimum atomic E-state index is -1.29. The fraction of sp³-hybridized carbons (Fsp3) is 0.529. The summed E-state index contributed by atoms with van der Waals surface area (Å²) in [7, 11) is -1.29. The lowest BCUT2D eigenvalue weighted by Crippen LogP contribution is -2.41. The van der Waals surface area contributed by atoms with E-state index in [2.05, 4.69) is 50.6 Å². The van der Waals surface area contributed by atoms with Crippen molar-refractivity contribution in [2.24, 2.45) is 0 Å². The Labute approximate surface area is 163 Å². The van der Waals surface area contributed by atoms with Gasteiger partial charge in [0.05, 0.1) is 14.3 Å². The SMILES string of the molecule is CC(C)(C)[S@@+]([O-])N[C@@H](c1ccc(Br)cc1)c1cn(C[Si](C)(C)C)nn1. The van der Waals surface area contributed by atoms with Crippen molar-refractivity contribution in [3.05, 3.63) is 46.2 Å². The summed E-state index contributed by atoms with van der Waals surface area (Å²) in [6, 6.07) is 7.73. The highest BCUT2D eigenvalue weighted by Gasteiger charge is 2.32. The average molecular weight is 443 g/mol. The molecule has 2 aromatic rings. The number of halogens is 1. The van der Waals surface area contributed by atoms with Crippen molar-refractivity contribution in [2.45, 2.75) is 57.4 Å². The number of benzene rings is 1. The Kier molecular flexibility index (Phi) is 6.53. The molecule has 0 bridgehead atoms. The van der Waals surface area contributed by atoms with E-state index >= 15 is 0 Å². The molecule has 0 unspecified atom stereocenters. The second kappa shape index (κ2) is 7.92. The maximum absolute atomic E-state index is 12.7. The molecule has 0 radical (unpaired) electrons. The number of rotatable bonds is 6. The van der Waals surface area contributed by atoms with Crippen LogP contribution < -0.4 is 4.72 Å². The summed E-state index contributed by atoms with van der Waals surface area (Å²) in [6.45, 7) is 12.8. The Morgan fingerprint density at radius 3 is 2.36 bits per heavy atom. The second-order valence-electron chi connectivity index (χ2n) is 8.39. The Morgan fingerprint density at radius 1 is 1.24 bits per heavy atom. The Balaban J connectivity index is 2.33. The monoisotopic (exact) mass is 442 g/mol. The quantitative estimate of drug-likeness (QED) is 0.540. The Hall–Kier alpha value is -0.673. The molecule has 0 saturated heterocycles. The van der Waals surface area contributed by atoms with Gasteiger partial charge in [0.15, 0.2) is 0 Å². The third-order valence-corrected chi connectivity index (χ3v) is 6.84. The molecule has 2 atom stereocenters. The van der Waals surface area contributed by atoms with Gasteiger partial charge in [0.2, 0.25) is 0 Å². The van der Waals surface area contributed by atoms with E-state index in [1.54, 1.807) is 0 Å². The highest BCUT2D eigenvalue weighted by molar-refractivity contribution is 9.10. The summed E-state index contributed by atoms with van der Waals surface area (Å²) in [4.78, 5) is 0. The molecular weight excluding hydrogens is 416 g/mol. The largest absolute Gasteiger partial charge is 0.598 e. The van der Waals surface area contributed by atoms with Crippen molar-refractivity contribution >= 4 is 35.4 Å². The third kappa shape index (κ3) is 6.21. The van der Waals surface area contributed by atoms with Gasteiger partial charge in [-0.1, -0.05) is 52.9 Å². The summed E-state index contributed by atoms with van der Waals surface area (Å²) >= 11 is 2.25. The zero-order valence-corrected chi connectivity index (χ0v) is 19.1. The zero-order chi connectivity index (χ0) is 18.8. The topological polar surface area (TPSA) is 65.8 Å². The lowest BCUT2D eigenvalue weighted by Gasteiger charge is -2.27. The van der Waals surface area contributed by atoms with E-state index in [9.17, 15) is 4.55 Å². The number of nitrogens with one attached hydrogen (secondary N) is 1. The summed E-state index contributed by atoms with van der Waals surface area (Å²) in [5.41, 5.74) is 1.80. The predicted molar refractivity (Wildman–Crippen MR) is 110 cm³/mol. The van der Waals surface area contributed by atoms with Crippen LogP contribution in [0.15, 0.2) is 34.9 Å². The molecule has 0 aliphatic rings. The van der Waals surface area contributed by atoms with Crippen LogP contribution >= 0.6 is 15.9 Å². The van der Waals surface area contributed by atoms with Crippen molar-refractivity contribution in [2.75, 3.05) is 0 Å². The van der Waals surface area contributed by atoms with Crippen molar-refractivity contribution in [1.29, 1.82) is 0 Å². The second-order valence-corrected chi connectivity index (χ2v) is 16.7. The first-order valence-corrected chi connectivity index (χ1v) is 13.9. The maximum atomic E-state index is 12.7. The van der Waals surface area contributed by atoms with E-state index < -0.39 is 19.4 Å². The van der Waals surface area contributed by atoms with E-state index in [0.717, 1.165) is 21.9 Å². The summed E-state index contributed by atoms with van der Waals surface area (Å²) in [5.74, 6) is 0. The third-order valence-electron chi connectivity index (χ3n) is 3.47. The van der Waals surface area contributed by atoms with Crippen LogP contribution in [0.1, 0.15) is 38.1 Å². The molecular formula is C17H27BrN4OSSi. The first kappa shape index (κ1) is 20.6. The van der Waals surface area contributed by atoms with Crippen molar-refractivity contribution < 1.29 is 4.55 Å². The van der Waals surface area contributed by atoms with E-state index in [1.165, 1.54) is 0 Å². The van der Waals surface area contributed by atoms with E-state index in [1.807, 2.05) is 55.9 Å². The number of nitrogens with zero attached hydrogens (tertiary/aromatic N) is 3. The van der Waals surface area contributed by atoms with Crippen LogP contribution in [0.2, 0.25) is 19.6 Å². The summed E-state index contributed by atoms with van der Waals surface area (Å²) in [5, 5.41) is 8.65. The van der Waals surface area contributed by atoms with Gasteiger partial charge in [0.1, 0.15) is 16.5 Å². The van der Waals surface area contributed by atoms with Gasteiger partial charge < -0.3 is 4.55 Å². The molecule has 0 aliphatic heterocycles. The molecule has 2 rings (SSSR count). The van der Waals surface area contributed by atoms with E-state index in [-0.39, 0.29) is 10.8 Å². The average Bonchev–Trinajstić information content (AvgIpc) is 2.90. The molecule has 0 amide bonds. The molecule has 0 saturated carbocycles. The summed E-state index contributed by atoms with van der Waals surface area (Å²) < 4.78 is 18.5. The van der Waals surface area contributed by atoms with Crippen LogP contribution in [0.25, 0.3) is 0 Å². The number of aromatic nitrogens is 3. The van der Waals surface area contributed by atoms with E-state index in [4.69, 9.17) is 0 Å². The van der Waals surface area contributed by atoms with Crippen LogP contribution in [0.4, 0.5) is 0 Å². The first-order valence-electron chi connectivity index (χ1n) is 8.29. The normalized spacial score (nSPS) is 15.2. The van der Waals surface area contributed by atoms with Gasteiger partial charge in [-0.3, -0.25) is 4.68 Å². The van der Waals surface area contributed by atoms with Gasteiger partial charge in [0.25, 0.3) is 0 Å². The molecule has 25 heavy (non-hydrogen) atoms. The minimum Gasteiger partial charge on any atom is -0.598 e. The molecule has 0 fully saturated rings. The van der Waals surface area contributed by atoms with Crippen LogP contribution in [0.3, 0.4) is 0 Å². The van der Waals surface area contributed by atoms with Crippen LogP contribution in [0.5, 0.6) is 0 Å². The highest BCUT2D eigenvalue weighted by Crippen LogP contribution is 2.26. The Morgan fingerprint density at radius 2 is 1.84 bits per heavy atom. The van der Waals surface area contributed by atoms with Gasteiger partial charge in [-0.25, -0.2) is 0 Å². The molecule has 138 valence electrons. The standard InChI is InChI=1S/C17H27BrN4OSSi/c1-17(2,3)24(23)20-16(13-7-9-14(18)10-8-13)15-11-22(21-19-15)12-25(4,5)6/h7-11,16,20H,12H2,1-6H3/t16-,24+/m0/s1. The van der Waals surface area contributed by atoms with E-state index in [0.29, 0.717) is 0 Å². The molecule has 1 N–H and O–H groups in total. The molecule has 1 aromatic carbocycles. The lowest BCUT2D eigenvalue weighted by molar-refractivity contribution is 0.534. The van der Waals surface area contributed by atoms with Gasteiger partial charge >= 0.3 is 0 Å². The molecule has 8 heteroatoms. The molecule has 5 nitrogen and oxygen atoms in total. The lowest BCUT2D eigenvalue weighted by atomic mass is 10.1. The number of hydrogen-bond donors (Lipinski definition) is 1. The smallest absolute Gasteiger partial charge is 0.136 e. The summed E-state index contributed by atoms with van der Waals surface area (Å²) in [6.07, 6.45) is 2.88.